The van der Waals surface area contributed by atoms with Crippen molar-refractivity contribution in [1.29, 1.82) is 0 Å². The predicted molar refractivity (Wildman–Crippen MR) is 84.4 cm³/mol. The van der Waals surface area contributed by atoms with Gasteiger partial charge < -0.3 is 15.8 Å². The first-order valence-electron chi connectivity index (χ1n) is 7.20. The van der Waals surface area contributed by atoms with E-state index in [1.807, 2.05) is 12.1 Å². The van der Waals surface area contributed by atoms with Gasteiger partial charge in [-0.3, -0.25) is 4.98 Å². The van der Waals surface area contributed by atoms with E-state index in [-0.39, 0.29) is 18.3 Å². The van der Waals surface area contributed by atoms with Crippen LogP contribution in [0.1, 0.15) is 11.1 Å². The molecule has 2 rings (SSSR count). The van der Waals surface area contributed by atoms with Crippen molar-refractivity contribution in [3.05, 3.63) is 59.9 Å². The van der Waals surface area contributed by atoms with Gasteiger partial charge in [-0.25, -0.2) is 4.99 Å². The molecular weight excluding hydrogens is 321 g/mol. The molecule has 0 spiro atoms. The standard InChI is InChI=1S/C16H17F3N4O/c17-16(18,19)24-14-5-3-13(4-6-14)11-23-15(20)22-9-7-12-2-1-8-21-10-12/h1-6,8,10H,7,9,11H2,(H3,20,22,23). The van der Waals surface area contributed by atoms with E-state index >= 15 is 0 Å². The second-order valence-electron chi connectivity index (χ2n) is 4.93. The van der Waals surface area contributed by atoms with Gasteiger partial charge in [-0.1, -0.05) is 18.2 Å². The lowest BCUT2D eigenvalue weighted by Crippen LogP contribution is -2.33. The topological polar surface area (TPSA) is 72.5 Å². The second-order valence-corrected chi connectivity index (χ2v) is 4.93. The zero-order valence-electron chi connectivity index (χ0n) is 12.8. The van der Waals surface area contributed by atoms with Gasteiger partial charge in [0.25, 0.3) is 0 Å². The summed E-state index contributed by atoms with van der Waals surface area (Å²) in [6.45, 7) is 0.872. The molecule has 0 aliphatic carbocycles. The molecule has 8 heteroatoms. The van der Waals surface area contributed by atoms with Gasteiger partial charge in [0, 0.05) is 18.9 Å². The molecule has 1 aromatic carbocycles. The van der Waals surface area contributed by atoms with E-state index in [0.717, 1.165) is 17.5 Å². The normalized spacial score (nSPS) is 12.0. The highest BCUT2D eigenvalue weighted by Crippen LogP contribution is 2.22. The Morgan fingerprint density at radius 1 is 1.17 bits per heavy atom. The molecule has 0 saturated carbocycles. The van der Waals surface area contributed by atoms with Crippen LogP contribution in [0.4, 0.5) is 13.2 Å². The summed E-state index contributed by atoms with van der Waals surface area (Å²) in [6, 6.07) is 9.32. The number of benzene rings is 1. The van der Waals surface area contributed by atoms with E-state index in [9.17, 15) is 13.2 Å². The molecule has 0 radical (unpaired) electrons. The summed E-state index contributed by atoms with van der Waals surface area (Å²) >= 11 is 0. The second kappa shape index (κ2) is 8.19. The van der Waals surface area contributed by atoms with E-state index in [1.165, 1.54) is 24.3 Å². The van der Waals surface area contributed by atoms with Crippen molar-refractivity contribution >= 4 is 5.96 Å². The zero-order valence-corrected chi connectivity index (χ0v) is 12.8. The molecule has 0 atom stereocenters. The van der Waals surface area contributed by atoms with Crippen molar-refractivity contribution < 1.29 is 17.9 Å². The fraction of sp³-hybridized carbons (Fsp3) is 0.250. The van der Waals surface area contributed by atoms with Gasteiger partial charge in [0.05, 0.1) is 6.54 Å². The molecule has 2 aromatic rings. The zero-order chi connectivity index (χ0) is 17.4. The number of ether oxygens (including phenoxy) is 1. The molecular formula is C16H17F3N4O. The Morgan fingerprint density at radius 3 is 2.54 bits per heavy atom. The van der Waals surface area contributed by atoms with Crippen LogP contribution in [0.25, 0.3) is 0 Å². The van der Waals surface area contributed by atoms with Crippen LogP contribution < -0.4 is 15.8 Å². The Hall–Kier alpha value is -2.77. The van der Waals surface area contributed by atoms with Gasteiger partial charge in [-0.05, 0) is 35.7 Å². The number of alkyl halides is 3. The summed E-state index contributed by atoms with van der Waals surface area (Å²) in [5.41, 5.74) is 7.55. The van der Waals surface area contributed by atoms with E-state index in [4.69, 9.17) is 5.73 Å². The SMILES string of the molecule is NC(=NCc1ccc(OC(F)(F)F)cc1)NCCc1cccnc1. The Kier molecular flexibility index (Phi) is 6.00. The molecule has 3 N–H and O–H groups in total. The van der Waals surface area contributed by atoms with Crippen molar-refractivity contribution in [3.8, 4) is 5.75 Å². The van der Waals surface area contributed by atoms with Gasteiger partial charge in [0.2, 0.25) is 0 Å². The molecule has 0 bridgehead atoms. The minimum Gasteiger partial charge on any atom is -0.406 e. The molecule has 128 valence electrons. The van der Waals surface area contributed by atoms with Crippen molar-refractivity contribution in [2.24, 2.45) is 10.7 Å². The van der Waals surface area contributed by atoms with Crippen LogP contribution in [0.15, 0.2) is 53.8 Å². The summed E-state index contributed by atoms with van der Waals surface area (Å²) in [6.07, 6.45) is -0.451. The van der Waals surface area contributed by atoms with Gasteiger partial charge in [0.1, 0.15) is 5.75 Å². The summed E-state index contributed by atoms with van der Waals surface area (Å²) in [5.74, 6) is 0.00676. The van der Waals surface area contributed by atoms with Gasteiger partial charge in [-0.2, -0.15) is 0 Å². The molecule has 24 heavy (non-hydrogen) atoms. The van der Waals surface area contributed by atoms with Crippen molar-refractivity contribution in [1.82, 2.24) is 10.3 Å². The molecule has 0 aliphatic heterocycles. The Balaban J connectivity index is 1.77. The summed E-state index contributed by atoms with van der Waals surface area (Å²) in [7, 11) is 0. The summed E-state index contributed by atoms with van der Waals surface area (Å²) < 4.78 is 40.0. The Morgan fingerprint density at radius 2 is 1.92 bits per heavy atom. The van der Waals surface area contributed by atoms with Crippen molar-refractivity contribution in [3.63, 3.8) is 0 Å². The van der Waals surface area contributed by atoms with E-state index < -0.39 is 6.36 Å². The third-order valence-electron chi connectivity index (χ3n) is 3.03. The number of hydrogen-bond acceptors (Lipinski definition) is 3. The van der Waals surface area contributed by atoms with Crippen LogP contribution in [-0.4, -0.2) is 23.9 Å². The third-order valence-corrected chi connectivity index (χ3v) is 3.03. The van der Waals surface area contributed by atoms with E-state index in [0.29, 0.717) is 6.54 Å². The average molecular weight is 338 g/mol. The van der Waals surface area contributed by atoms with Gasteiger partial charge >= 0.3 is 6.36 Å². The first-order valence-corrected chi connectivity index (χ1v) is 7.20. The third kappa shape index (κ3) is 6.55. The predicted octanol–water partition coefficient (Wildman–Crippen LogP) is 2.63. The first-order chi connectivity index (χ1) is 11.4. The number of aliphatic imine (C=N–C) groups is 1. The number of hydrogen-bond donors (Lipinski definition) is 2. The number of nitrogens with two attached hydrogens (primary N) is 1. The molecule has 0 amide bonds. The quantitative estimate of drug-likeness (QED) is 0.627. The fourth-order valence-electron chi connectivity index (χ4n) is 1.91. The minimum absolute atomic E-state index is 0.262. The van der Waals surface area contributed by atoms with Crippen LogP contribution >= 0.6 is 0 Å². The van der Waals surface area contributed by atoms with E-state index in [2.05, 4.69) is 20.0 Å². The molecule has 0 unspecified atom stereocenters. The number of halogens is 3. The Labute approximate surface area is 137 Å². The van der Waals surface area contributed by atoms with E-state index in [1.54, 1.807) is 12.4 Å². The molecule has 1 heterocycles. The largest absolute Gasteiger partial charge is 0.573 e. The molecule has 0 fully saturated rings. The number of guanidine groups is 1. The highest BCUT2D eigenvalue weighted by Gasteiger charge is 2.30. The van der Waals surface area contributed by atoms with Crippen molar-refractivity contribution in [2.45, 2.75) is 19.3 Å². The lowest BCUT2D eigenvalue weighted by molar-refractivity contribution is -0.274. The minimum atomic E-state index is -4.69. The van der Waals surface area contributed by atoms with Crippen LogP contribution in [0.2, 0.25) is 0 Å². The van der Waals surface area contributed by atoms with Crippen molar-refractivity contribution in [2.75, 3.05) is 6.54 Å². The number of aromatic nitrogens is 1. The number of pyridine rings is 1. The lowest BCUT2D eigenvalue weighted by atomic mass is 10.2. The van der Waals surface area contributed by atoms with Gasteiger partial charge in [-0.15, -0.1) is 13.2 Å². The highest BCUT2D eigenvalue weighted by atomic mass is 19.4. The maximum atomic E-state index is 12.1. The summed E-state index contributed by atoms with van der Waals surface area (Å²) in [5, 5.41) is 2.97. The fourth-order valence-corrected chi connectivity index (χ4v) is 1.91. The number of rotatable bonds is 6. The monoisotopic (exact) mass is 338 g/mol. The van der Waals surface area contributed by atoms with Crippen LogP contribution in [-0.2, 0) is 13.0 Å². The Bertz CT molecular complexity index is 657. The summed E-state index contributed by atoms with van der Waals surface area (Å²) in [4.78, 5) is 8.15. The molecule has 1 aromatic heterocycles. The molecule has 5 nitrogen and oxygen atoms in total. The van der Waals surface area contributed by atoms with Crippen LogP contribution in [0.5, 0.6) is 5.75 Å². The molecule has 0 aliphatic rings. The maximum Gasteiger partial charge on any atom is 0.573 e. The molecule has 0 saturated heterocycles. The number of nitrogens with zero attached hydrogens (tertiary/aromatic N) is 2. The van der Waals surface area contributed by atoms with Crippen LogP contribution in [0.3, 0.4) is 0 Å². The first kappa shape index (κ1) is 17.6. The lowest BCUT2D eigenvalue weighted by Gasteiger charge is -2.09. The smallest absolute Gasteiger partial charge is 0.406 e. The highest BCUT2D eigenvalue weighted by molar-refractivity contribution is 5.77. The average Bonchev–Trinajstić information content (AvgIpc) is 2.54. The van der Waals surface area contributed by atoms with Crippen LogP contribution in [0, 0.1) is 0 Å². The number of nitrogens with one attached hydrogen (secondary N) is 1. The maximum absolute atomic E-state index is 12.1. The van der Waals surface area contributed by atoms with Gasteiger partial charge in [0.15, 0.2) is 5.96 Å².